The van der Waals surface area contributed by atoms with Gasteiger partial charge >= 0.3 is 0 Å². The van der Waals surface area contributed by atoms with Crippen LogP contribution in [0.1, 0.15) is 17.0 Å². The number of aromatic nitrogens is 4. The number of rotatable bonds is 6. The van der Waals surface area contributed by atoms with Gasteiger partial charge in [-0.05, 0) is 14.0 Å². The van der Waals surface area contributed by atoms with E-state index >= 15 is 0 Å². The predicted octanol–water partition coefficient (Wildman–Crippen LogP) is -0.361. The van der Waals surface area contributed by atoms with Crippen molar-refractivity contribution in [1.29, 1.82) is 0 Å². The third-order valence-electron chi connectivity index (χ3n) is 2.60. The van der Waals surface area contributed by atoms with Crippen molar-refractivity contribution in [1.82, 2.24) is 30.4 Å². The molecule has 4 N–H and O–H groups in total. The molecule has 0 aliphatic heterocycles. The maximum absolute atomic E-state index is 12.3. The van der Waals surface area contributed by atoms with Crippen LogP contribution in [0.4, 0.5) is 0 Å². The highest BCUT2D eigenvalue weighted by Gasteiger charge is 2.23. The van der Waals surface area contributed by atoms with Crippen LogP contribution >= 0.6 is 0 Å². The molecule has 0 saturated carbocycles. The van der Waals surface area contributed by atoms with Crippen LogP contribution in [-0.4, -0.2) is 35.9 Å². The molecule has 0 aliphatic rings. The topological polar surface area (TPSA) is 116 Å². The Morgan fingerprint density at radius 1 is 1.37 bits per heavy atom. The summed E-state index contributed by atoms with van der Waals surface area (Å²) in [7, 11) is -1.87. The highest BCUT2D eigenvalue weighted by molar-refractivity contribution is 7.89. The van der Waals surface area contributed by atoms with E-state index in [1.807, 2.05) is 0 Å². The number of hydrogen-bond acceptors (Lipinski definition) is 5. The minimum absolute atomic E-state index is 0.183. The van der Waals surface area contributed by atoms with E-state index in [9.17, 15) is 8.42 Å². The summed E-state index contributed by atoms with van der Waals surface area (Å²) in [5.74, 6) is 0. The van der Waals surface area contributed by atoms with Crippen molar-refractivity contribution in [3.8, 4) is 0 Å². The molecule has 9 heteroatoms. The molecule has 0 bridgehead atoms. The quantitative estimate of drug-likeness (QED) is 0.578. The molecule has 2 aromatic heterocycles. The van der Waals surface area contributed by atoms with Gasteiger partial charge in [0.2, 0.25) is 10.0 Å². The number of H-pyrrole nitrogens is 2. The Hall–Kier alpha value is -1.71. The molecule has 2 heterocycles. The second-order valence-corrected chi connectivity index (χ2v) is 5.79. The molecule has 0 aliphatic carbocycles. The number of hydrogen-bond donors (Lipinski definition) is 4. The molecule has 19 heavy (non-hydrogen) atoms. The Bertz CT molecular complexity index is 631. The Balaban J connectivity index is 2.21. The zero-order valence-electron chi connectivity index (χ0n) is 10.7. The lowest BCUT2D eigenvalue weighted by Gasteiger charge is -2.06. The van der Waals surface area contributed by atoms with Gasteiger partial charge in [-0.2, -0.15) is 10.2 Å². The van der Waals surface area contributed by atoms with Gasteiger partial charge in [0.15, 0.2) is 0 Å². The van der Waals surface area contributed by atoms with Crippen molar-refractivity contribution in [2.75, 3.05) is 7.05 Å². The van der Waals surface area contributed by atoms with Gasteiger partial charge < -0.3 is 5.32 Å². The monoisotopic (exact) mass is 284 g/mol. The Morgan fingerprint density at radius 2 is 2.16 bits per heavy atom. The van der Waals surface area contributed by atoms with Gasteiger partial charge in [0.25, 0.3) is 0 Å². The van der Waals surface area contributed by atoms with Crippen LogP contribution in [0.3, 0.4) is 0 Å². The van der Waals surface area contributed by atoms with E-state index in [0.29, 0.717) is 17.9 Å². The van der Waals surface area contributed by atoms with E-state index in [-0.39, 0.29) is 11.4 Å². The van der Waals surface area contributed by atoms with E-state index in [4.69, 9.17) is 0 Å². The first-order chi connectivity index (χ1) is 9.04. The first kappa shape index (κ1) is 13.7. The molecule has 0 aromatic carbocycles. The third-order valence-corrected chi connectivity index (χ3v) is 4.20. The van der Waals surface area contributed by atoms with Crippen LogP contribution in [0.25, 0.3) is 0 Å². The minimum Gasteiger partial charge on any atom is -0.314 e. The summed E-state index contributed by atoms with van der Waals surface area (Å²) in [6.45, 7) is 2.24. The summed E-state index contributed by atoms with van der Waals surface area (Å²) in [5.41, 5.74) is 1.75. The summed E-state index contributed by atoms with van der Waals surface area (Å²) in [5, 5.41) is 16.0. The normalized spacial score (nSPS) is 11.9. The van der Waals surface area contributed by atoms with Crippen LogP contribution in [0.5, 0.6) is 0 Å². The van der Waals surface area contributed by atoms with Gasteiger partial charge in [-0.25, -0.2) is 13.1 Å². The number of nitrogens with one attached hydrogen (secondary N) is 4. The van der Waals surface area contributed by atoms with E-state index in [2.05, 4.69) is 30.4 Å². The third kappa shape index (κ3) is 3.00. The average molecular weight is 284 g/mol. The number of sulfonamides is 1. The van der Waals surface area contributed by atoms with Gasteiger partial charge in [-0.15, -0.1) is 0 Å². The molecule has 0 radical (unpaired) electrons. The second-order valence-electron chi connectivity index (χ2n) is 4.09. The zero-order valence-corrected chi connectivity index (χ0v) is 11.5. The van der Waals surface area contributed by atoms with Crippen molar-refractivity contribution in [3.05, 3.63) is 29.3 Å². The van der Waals surface area contributed by atoms with E-state index in [0.717, 1.165) is 5.56 Å². The maximum atomic E-state index is 12.3. The molecule has 2 rings (SSSR count). The van der Waals surface area contributed by atoms with Gasteiger partial charge in [0.1, 0.15) is 4.90 Å². The molecule has 0 amide bonds. The summed E-state index contributed by atoms with van der Waals surface area (Å²) < 4.78 is 27.1. The van der Waals surface area contributed by atoms with Crippen LogP contribution < -0.4 is 10.0 Å². The fourth-order valence-corrected chi connectivity index (χ4v) is 3.12. The molecule has 0 unspecified atom stereocenters. The molecular formula is C10H16N6O2S. The number of nitrogens with zero attached hydrogens (tertiary/aromatic N) is 2. The van der Waals surface area contributed by atoms with Gasteiger partial charge in [-0.3, -0.25) is 10.2 Å². The van der Waals surface area contributed by atoms with Crippen molar-refractivity contribution >= 4 is 10.0 Å². The lowest BCUT2D eigenvalue weighted by atomic mass is 10.4. The van der Waals surface area contributed by atoms with E-state index in [1.165, 1.54) is 0 Å². The summed E-state index contributed by atoms with van der Waals surface area (Å²) in [6.07, 6.45) is 3.21. The predicted molar refractivity (Wildman–Crippen MR) is 68.7 cm³/mol. The minimum atomic E-state index is -3.60. The first-order valence-corrected chi connectivity index (χ1v) is 7.18. The lowest BCUT2D eigenvalue weighted by molar-refractivity contribution is 0.578. The molecule has 0 fully saturated rings. The number of aryl methyl sites for hydroxylation is 1. The molecule has 0 atom stereocenters. The van der Waals surface area contributed by atoms with Crippen LogP contribution in [0, 0.1) is 6.92 Å². The highest BCUT2D eigenvalue weighted by Crippen LogP contribution is 2.17. The smallest absolute Gasteiger partial charge is 0.244 e. The SMILES string of the molecule is CNCc1n[nH]c(C)c1S(=O)(=O)NCc1cn[nH]c1. The molecule has 8 nitrogen and oxygen atoms in total. The van der Waals surface area contributed by atoms with Gasteiger partial charge in [-0.1, -0.05) is 0 Å². The lowest BCUT2D eigenvalue weighted by Crippen LogP contribution is -2.25. The van der Waals surface area contributed by atoms with Crippen molar-refractivity contribution in [2.24, 2.45) is 0 Å². The van der Waals surface area contributed by atoms with Crippen LogP contribution in [0.15, 0.2) is 17.3 Å². The van der Waals surface area contributed by atoms with Gasteiger partial charge in [0, 0.05) is 24.8 Å². The number of aromatic amines is 2. The van der Waals surface area contributed by atoms with Crippen molar-refractivity contribution in [3.63, 3.8) is 0 Å². The highest BCUT2D eigenvalue weighted by atomic mass is 32.2. The Labute approximate surface area is 111 Å². The zero-order chi connectivity index (χ0) is 13.9. The maximum Gasteiger partial charge on any atom is 0.244 e. The summed E-state index contributed by atoms with van der Waals surface area (Å²) >= 11 is 0. The second kappa shape index (κ2) is 5.51. The largest absolute Gasteiger partial charge is 0.314 e. The standard InChI is InChI=1S/C10H16N6O2S/c1-7-10(9(6-11-2)16-15-7)19(17,18)14-5-8-3-12-13-4-8/h3-4,11,14H,5-6H2,1-2H3,(H,12,13)(H,15,16). The molecular weight excluding hydrogens is 268 g/mol. The molecule has 104 valence electrons. The van der Waals surface area contributed by atoms with E-state index < -0.39 is 10.0 Å². The van der Waals surface area contributed by atoms with Crippen molar-refractivity contribution in [2.45, 2.75) is 24.9 Å². The molecule has 0 saturated heterocycles. The first-order valence-electron chi connectivity index (χ1n) is 5.70. The summed E-state index contributed by atoms with van der Waals surface area (Å²) in [4.78, 5) is 0.199. The van der Waals surface area contributed by atoms with Crippen LogP contribution in [-0.2, 0) is 23.1 Å². The molecule has 0 spiro atoms. The van der Waals surface area contributed by atoms with E-state index in [1.54, 1.807) is 26.4 Å². The Morgan fingerprint density at radius 3 is 2.79 bits per heavy atom. The Kier molecular flexibility index (Phi) is 3.98. The average Bonchev–Trinajstić information content (AvgIpc) is 2.97. The molecule has 2 aromatic rings. The summed E-state index contributed by atoms with van der Waals surface area (Å²) in [6, 6.07) is 0. The van der Waals surface area contributed by atoms with Gasteiger partial charge in [0.05, 0.1) is 17.6 Å². The fourth-order valence-electron chi connectivity index (χ4n) is 1.74. The van der Waals surface area contributed by atoms with Crippen LogP contribution in [0.2, 0.25) is 0 Å². The van der Waals surface area contributed by atoms with Crippen molar-refractivity contribution < 1.29 is 8.42 Å². The fraction of sp³-hybridized carbons (Fsp3) is 0.400.